The van der Waals surface area contributed by atoms with Gasteiger partial charge in [0.15, 0.2) is 0 Å². The van der Waals surface area contributed by atoms with E-state index in [9.17, 15) is 4.79 Å². The molecule has 0 radical (unpaired) electrons. The molecule has 1 heterocycles. The monoisotopic (exact) mass is 344 g/mol. The second kappa shape index (κ2) is 8.56. The molecule has 1 amide bonds. The summed E-state index contributed by atoms with van der Waals surface area (Å²) in [5.41, 5.74) is 2.26. The number of carbonyl (C=O) groups is 1. The van der Waals surface area contributed by atoms with Gasteiger partial charge in [-0.25, -0.2) is 0 Å². The molecule has 2 aliphatic rings. The number of hydrogen-bond acceptors (Lipinski definition) is 4. The number of hydrogen-bond donors (Lipinski definition) is 2. The van der Waals surface area contributed by atoms with Gasteiger partial charge in [-0.3, -0.25) is 9.69 Å². The summed E-state index contributed by atoms with van der Waals surface area (Å²) in [4.78, 5) is 17.1. The van der Waals surface area contributed by atoms with Crippen molar-refractivity contribution < 1.29 is 4.79 Å². The van der Waals surface area contributed by atoms with Gasteiger partial charge in [-0.15, -0.1) is 0 Å². The standard InChI is InChI=1S/C20H32N4O/c1-3-9-21-20(25)16(2)22-18-5-4-6-19(14-18)24-12-10-23(11-13-24)15-17-7-8-17/h4-6,14,16-17,22H,3,7-13,15H2,1-2H3,(H,21,25). The maximum absolute atomic E-state index is 12.0. The highest BCUT2D eigenvalue weighted by molar-refractivity contribution is 5.84. The van der Waals surface area contributed by atoms with Crippen LogP contribution in [0.25, 0.3) is 0 Å². The minimum atomic E-state index is -0.225. The summed E-state index contributed by atoms with van der Waals surface area (Å²) in [7, 11) is 0. The number of amides is 1. The second-order valence-corrected chi connectivity index (χ2v) is 7.44. The van der Waals surface area contributed by atoms with Gasteiger partial charge in [0.1, 0.15) is 6.04 Å². The highest BCUT2D eigenvalue weighted by Gasteiger charge is 2.26. The zero-order valence-corrected chi connectivity index (χ0v) is 15.6. The molecule has 2 N–H and O–H groups in total. The van der Waals surface area contributed by atoms with Gasteiger partial charge in [0, 0.05) is 50.6 Å². The molecule has 0 aromatic heterocycles. The van der Waals surface area contributed by atoms with Crippen molar-refractivity contribution in [2.45, 2.75) is 39.2 Å². The average molecular weight is 345 g/mol. The van der Waals surface area contributed by atoms with E-state index in [0.717, 1.165) is 50.7 Å². The van der Waals surface area contributed by atoms with E-state index in [1.54, 1.807) is 0 Å². The van der Waals surface area contributed by atoms with Crippen LogP contribution in [0.2, 0.25) is 0 Å². The van der Waals surface area contributed by atoms with Crippen LogP contribution in [0.1, 0.15) is 33.1 Å². The molecule has 2 fully saturated rings. The van der Waals surface area contributed by atoms with Gasteiger partial charge < -0.3 is 15.5 Å². The molecule has 1 unspecified atom stereocenters. The lowest BCUT2D eigenvalue weighted by molar-refractivity contribution is -0.121. The SMILES string of the molecule is CCCNC(=O)C(C)Nc1cccc(N2CCN(CC3CC3)CC2)c1. The number of nitrogens with zero attached hydrogens (tertiary/aromatic N) is 2. The fourth-order valence-electron chi connectivity index (χ4n) is 3.36. The summed E-state index contributed by atoms with van der Waals surface area (Å²) in [5.74, 6) is 1.03. The molecule has 1 aromatic rings. The van der Waals surface area contributed by atoms with Crippen LogP contribution in [0.5, 0.6) is 0 Å². The predicted octanol–water partition coefficient (Wildman–Crippen LogP) is 2.55. The fraction of sp³-hybridized carbons (Fsp3) is 0.650. The Bertz CT molecular complexity index is 565. The molecule has 3 rings (SSSR count). The van der Waals surface area contributed by atoms with Gasteiger partial charge in [0.25, 0.3) is 0 Å². The summed E-state index contributed by atoms with van der Waals surface area (Å²) < 4.78 is 0. The molecule has 1 aliphatic carbocycles. The summed E-state index contributed by atoms with van der Waals surface area (Å²) in [6.45, 7) is 10.5. The summed E-state index contributed by atoms with van der Waals surface area (Å²) in [5, 5.41) is 6.26. The quantitative estimate of drug-likeness (QED) is 0.761. The van der Waals surface area contributed by atoms with Crippen LogP contribution in [0.4, 0.5) is 11.4 Å². The van der Waals surface area contributed by atoms with Crippen LogP contribution in [-0.2, 0) is 4.79 Å². The maximum atomic E-state index is 12.0. The van der Waals surface area contributed by atoms with Gasteiger partial charge in [0.2, 0.25) is 5.91 Å². The van der Waals surface area contributed by atoms with E-state index < -0.39 is 0 Å². The second-order valence-electron chi connectivity index (χ2n) is 7.44. The lowest BCUT2D eigenvalue weighted by Gasteiger charge is -2.36. The third-order valence-corrected chi connectivity index (χ3v) is 5.12. The third kappa shape index (κ3) is 5.36. The molecule has 1 aliphatic heterocycles. The van der Waals surface area contributed by atoms with Crippen molar-refractivity contribution in [3.63, 3.8) is 0 Å². The van der Waals surface area contributed by atoms with E-state index in [1.165, 1.54) is 25.1 Å². The normalized spacial score (nSPS) is 19.5. The zero-order chi connectivity index (χ0) is 17.6. The van der Waals surface area contributed by atoms with Gasteiger partial charge in [0.05, 0.1) is 0 Å². The molecule has 1 aromatic carbocycles. The Balaban J connectivity index is 1.51. The van der Waals surface area contributed by atoms with Crippen molar-refractivity contribution in [2.75, 3.05) is 49.5 Å². The number of anilines is 2. The lowest BCUT2D eigenvalue weighted by Crippen LogP contribution is -2.47. The van der Waals surface area contributed by atoms with E-state index in [0.29, 0.717) is 0 Å². The number of carbonyl (C=O) groups excluding carboxylic acids is 1. The average Bonchev–Trinajstić information content (AvgIpc) is 3.44. The van der Waals surface area contributed by atoms with Crippen molar-refractivity contribution in [1.82, 2.24) is 10.2 Å². The summed E-state index contributed by atoms with van der Waals surface area (Å²) in [6, 6.07) is 8.22. The number of rotatable bonds is 8. The lowest BCUT2D eigenvalue weighted by atomic mass is 10.2. The van der Waals surface area contributed by atoms with Gasteiger partial charge in [-0.1, -0.05) is 13.0 Å². The highest BCUT2D eigenvalue weighted by Crippen LogP contribution is 2.30. The smallest absolute Gasteiger partial charge is 0.242 e. The first-order chi connectivity index (χ1) is 12.2. The highest BCUT2D eigenvalue weighted by atomic mass is 16.2. The van der Waals surface area contributed by atoms with Gasteiger partial charge >= 0.3 is 0 Å². The molecule has 5 heteroatoms. The van der Waals surface area contributed by atoms with Crippen molar-refractivity contribution in [2.24, 2.45) is 5.92 Å². The predicted molar refractivity (Wildman–Crippen MR) is 104 cm³/mol. The van der Waals surface area contributed by atoms with Crippen LogP contribution in [0.3, 0.4) is 0 Å². The number of nitrogens with one attached hydrogen (secondary N) is 2. The van der Waals surface area contributed by atoms with Crippen LogP contribution in [-0.4, -0.2) is 56.1 Å². The van der Waals surface area contributed by atoms with E-state index in [2.05, 4.69) is 45.6 Å². The summed E-state index contributed by atoms with van der Waals surface area (Å²) >= 11 is 0. The van der Waals surface area contributed by atoms with Crippen LogP contribution >= 0.6 is 0 Å². The Labute approximate surface area is 151 Å². The first kappa shape index (κ1) is 18.1. The molecule has 0 spiro atoms. The first-order valence-electron chi connectivity index (χ1n) is 9.77. The van der Waals surface area contributed by atoms with E-state index in [4.69, 9.17) is 0 Å². The Morgan fingerprint density at radius 1 is 1.24 bits per heavy atom. The third-order valence-electron chi connectivity index (χ3n) is 5.12. The van der Waals surface area contributed by atoms with Crippen LogP contribution < -0.4 is 15.5 Å². The molecule has 5 nitrogen and oxygen atoms in total. The van der Waals surface area contributed by atoms with Crippen LogP contribution in [0, 0.1) is 5.92 Å². The number of piperazine rings is 1. The van der Waals surface area contributed by atoms with Crippen molar-refractivity contribution >= 4 is 17.3 Å². The van der Waals surface area contributed by atoms with Gasteiger partial charge in [-0.05, 0) is 50.3 Å². The van der Waals surface area contributed by atoms with E-state index >= 15 is 0 Å². The van der Waals surface area contributed by atoms with E-state index in [-0.39, 0.29) is 11.9 Å². The topological polar surface area (TPSA) is 47.6 Å². The van der Waals surface area contributed by atoms with Crippen molar-refractivity contribution in [1.29, 1.82) is 0 Å². The van der Waals surface area contributed by atoms with Crippen LogP contribution in [0.15, 0.2) is 24.3 Å². The summed E-state index contributed by atoms with van der Waals surface area (Å²) in [6.07, 6.45) is 3.82. The molecule has 1 saturated heterocycles. The zero-order valence-electron chi connectivity index (χ0n) is 15.6. The molecular formula is C20H32N4O. The van der Waals surface area contributed by atoms with E-state index in [1.807, 2.05) is 13.0 Å². The Kier molecular flexibility index (Phi) is 6.19. The molecule has 0 bridgehead atoms. The molecule has 25 heavy (non-hydrogen) atoms. The Morgan fingerprint density at radius 3 is 2.68 bits per heavy atom. The molecule has 138 valence electrons. The Morgan fingerprint density at radius 2 is 2.00 bits per heavy atom. The van der Waals surface area contributed by atoms with Gasteiger partial charge in [-0.2, -0.15) is 0 Å². The number of benzene rings is 1. The minimum absolute atomic E-state index is 0.0564. The Hall–Kier alpha value is -1.75. The molecule has 1 atom stereocenters. The molecule has 1 saturated carbocycles. The minimum Gasteiger partial charge on any atom is -0.374 e. The first-order valence-corrected chi connectivity index (χ1v) is 9.77. The largest absolute Gasteiger partial charge is 0.374 e. The molecular weight excluding hydrogens is 312 g/mol. The maximum Gasteiger partial charge on any atom is 0.242 e. The van der Waals surface area contributed by atoms with Crippen molar-refractivity contribution in [3.05, 3.63) is 24.3 Å². The fourth-order valence-corrected chi connectivity index (χ4v) is 3.36. The van der Waals surface area contributed by atoms with Crippen molar-refractivity contribution in [3.8, 4) is 0 Å².